The molecule has 1 aromatic heterocycles. The predicted octanol–water partition coefficient (Wildman–Crippen LogP) is 2.08. The minimum absolute atomic E-state index is 0.125. The number of methoxy groups -OCH3 is 1. The number of ether oxygens (including phenoxy) is 1. The molecule has 0 atom stereocenters. The SMILES string of the molecule is COc1ccc(S(=O)(=O)NCc2ccco2)cc1C. The number of benzene rings is 1. The maximum atomic E-state index is 12.1. The highest BCUT2D eigenvalue weighted by molar-refractivity contribution is 7.89. The molecule has 0 unspecified atom stereocenters. The van der Waals surface area contributed by atoms with Crippen LogP contribution in [0, 0.1) is 6.92 Å². The Morgan fingerprint density at radius 1 is 1.32 bits per heavy atom. The number of hydrogen-bond acceptors (Lipinski definition) is 4. The third kappa shape index (κ3) is 3.15. The molecule has 0 saturated heterocycles. The highest BCUT2D eigenvalue weighted by Crippen LogP contribution is 2.21. The average molecular weight is 281 g/mol. The van der Waals surface area contributed by atoms with Crippen LogP contribution in [0.15, 0.2) is 45.9 Å². The summed E-state index contributed by atoms with van der Waals surface area (Å²) in [5, 5.41) is 0. The maximum absolute atomic E-state index is 12.1. The van der Waals surface area contributed by atoms with E-state index in [1.807, 2.05) is 0 Å². The monoisotopic (exact) mass is 281 g/mol. The quantitative estimate of drug-likeness (QED) is 0.911. The first-order valence-electron chi connectivity index (χ1n) is 5.69. The summed E-state index contributed by atoms with van der Waals surface area (Å²) in [6, 6.07) is 8.14. The Morgan fingerprint density at radius 2 is 2.11 bits per heavy atom. The molecule has 0 aliphatic carbocycles. The van der Waals surface area contributed by atoms with Crippen LogP contribution in [0.5, 0.6) is 5.75 Å². The predicted molar refractivity (Wildman–Crippen MR) is 70.5 cm³/mol. The third-order valence-corrected chi connectivity index (χ3v) is 4.09. The highest BCUT2D eigenvalue weighted by Gasteiger charge is 2.15. The van der Waals surface area contributed by atoms with Gasteiger partial charge in [-0.25, -0.2) is 13.1 Å². The van der Waals surface area contributed by atoms with Crippen LogP contribution in [0.3, 0.4) is 0 Å². The lowest BCUT2D eigenvalue weighted by Crippen LogP contribution is -2.23. The van der Waals surface area contributed by atoms with Crippen molar-refractivity contribution in [3.63, 3.8) is 0 Å². The molecular weight excluding hydrogens is 266 g/mol. The minimum Gasteiger partial charge on any atom is -0.496 e. The molecule has 0 saturated carbocycles. The molecule has 0 spiro atoms. The molecule has 0 aliphatic heterocycles. The first-order chi connectivity index (χ1) is 9.03. The zero-order valence-electron chi connectivity index (χ0n) is 10.7. The first-order valence-corrected chi connectivity index (χ1v) is 7.18. The summed E-state index contributed by atoms with van der Waals surface area (Å²) in [7, 11) is -2.00. The van der Waals surface area contributed by atoms with E-state index in [4.69, 9.17) is 9.15 Å². The molecule has 0 amide bonds. The Hall–Kier alpha value is -1.79. The Morgan fingerprint density at radius 3 is 2.68 bits per heavy atom. The molecule has 0 radical (unpaired) electrons. The summed E-state index contributed by atoms with van der Waals surface area (Å²) >= 11 is 0. The summed E-state index contributed by atoms with van der Waals surface area (Å²) in [5.41, 5.74) is 0.767. The zero-order valence-corrected chi connectivity index (χ0v) is 11.5. The van der Waals surface area contributed by atoms with Gasteiger partial charge in [-0.2, -0.15) is 0 Å². The van der Waals surface area contributed by atoms with Crippen LogP contribution in [0.4, 0.5) is 0 Å². The van der Waals surface area contributed by atoms with Crippen LogP contribution in [-0.4, -0.2) is 15.5 Å². The summed E-state index contributed by atoms with van der Waals surface area (Å²) in [6.45, 7) is 1.92. The van der Waals surface area contributed by atoms with Crippen molar-refractivity contribution >= 4 is 10.0 Å². The second kappa shape index (κ2) is 5.46. The van der Waals surface area contributed by atoms with Crippen LogP contribution < -0.4 is 9.46 Å². The Labute approximate surface area is 112 Å². The number of nitrogens with one attached hydrogen (secondary N) is 1. The average Bonchev–Trinajstić information content (AvgIpc) is 2.89. The summed E-state index contributed by atoms with van der Waals surface area (Å²) < 4.78 is 36.8. The second-order valence-electron chi connectivity index (χ2n) is 4.04. The van der Waals surface area contributed by atoms with Crippen molar-refractivity contribution in [1.82, 2.24) is 4.72 Å². The van der Waals surface area contributed by atoms with Gasteiger partial charge in [-0.1, -0.05) is 0 Å². The van der Waals surface area contributed by atoms with Crippen LogP contribution in [0.25, 0.3) is 0 Å². The molecule has 102 valence electrons. The molecule has 1 aromatic carbocycles. The molecule has 0 aliphatic rings. The van der Waals surface area contributed by atoms with Crippen molar-refractivity contribution in [3.8, 4) is 5.75 Å². The zero-order chi connectivity index (χ0) is 13.9. The number of sulfonamides is 1. The largest absolute Gasteiger partial charge is 0.496 e. The van der Waals surface area contributed by atoms with Gasteiger partial charge < -0.3 is 9.15 Å². The van der Waals surface area contributed by atoms with E-state index in [1.54, 1.807) is 38.3 Å². The van der Waals surface area contributed by atoms with Crippen molar-refractivity contribution in [2.45, 2.75) is 18.4 Å². The van der Waals surface area contributed by atoms with Crippen molar-refractivity contribution < 1.29 is 17.6 Å². The molecule has 19 heavy (non-hydrogen) atoms. The van der Waals surface area contributed by atoms with Crippen LogP contribution in [-0.2, 0) is 16.6 Å². The molecule has 0 fully saturated rings. The van der Waals surface area contributed by atoms with Crippen LogP contribution in [0.1, 0.15) is 11.3 Å². The number of hydrogen-bond donors (Lipinski definition) is 1. The fourth-order valence-corrected chi connectivity index (χ4v) is 2.76. The molecular formula is C13H15NO4S. The van der Waals surface area contributed by atoms with Gasteiger partial charge in [0, 0.05) is 0 Å². The van der Waals surface area contributed by atoms with Gasteiger partial charge in [0.1, 0.15) is 11.5 Å². The second-order valence-corrected chi connectivity index (χ2v) is 5.80. The van der Waals surface area contributed by atoms with Crippen molar-refractivity contribution in [2.24, 2.45) is 0 Å². The number of rotatable bonds is 5. The summed E-state index contributed by atoms with van der Waals surface area (Å²) in [5.74, 6) is 1.22. The van der Waals surface area contributed by atoms with E-state index in [0.29, 0.717) is 11.5 Å². The summed E-state index contributed by atoms with van der Waals surface area (Å²) in [4.78, 5) is 0.206. The van der Waals surface area contributed by atoms with Crippen LogP contribution >= 0.6 is 0 Å². The Balaban J connectivity index is 2.17. The van der Waals surface area contributed by atoms with E-state index in [0.717, 1.165) is 5.56 Å². The fourth-order valence-electron chi connectivity index (χ4n) is 1.68. The lowest BCUT2D eigenvalue weighted by molar-refractivity contribution is 0.411. The van der Waals surface area contributed by atoms with Gasteiger partial charge in [-0.3, -0.25) is 0 Å². The lowest BCUT2D eigenvalue weighted by atomic mass is 10.2. The van der Waals surface area contributed by atoms with Crippen LogP contribution in [0.2, 0.25) is 0 Å². The van der Waals surface area contributed by atoms with E-state index in [1.165, 1.54) is 12.3 Å². The number of aryl methyl sites for hydroxylation is 1. The fraction of sp³-hybridized carbons (Fsp3) is 0.231. The maximum Gasteiger partial charge on any atom is 0.240 e. The Kier molecular flexibility index (Phi) is 3.92. The smallest absolute Gasteiger partial charge is 0.240 e. The van der Waals surface area contributed by atoms with Crippen molar-refractivity contribution in [2.75, 3.05) is 7.11 Å². The van der Waals surface area contributed by atoms with E-state index in [-0.39, 0.29) is 11.4 Å². The standard InChI is InChI=1S/C13H15NO4S/c1-10-8-12(5-6-13(10)17-2)19(15,16)14-9-11-4-3-7-18-11/h3-8,14H,9H2,1-2H3. The molecule has 0 bridgehead atoms. The van der Waals surface area contributed by atoms with E-state index in [2.05, 4.69) is 4.72 Å². The van der Waals surface area contributed by atoms with E-state index < -0.39 is 10.0 Å². The van der Waals surface area contributed by atoms with Gasteiger partial charge in [0.2, 0.25) is 10.0 Å². The van der Waals surface area contributed by atoms with Gasteiger partial charge >= 0.3 is 0 Å². The van der Waals surface area contributed by atoms with E-state index >= 15 is 0 Å². The molecule has 2 aromatic rings. The molecule has 2 rings (SSSR count). The molecule has 1 N–H and O–H groups in total. The summed E-state index contributed by atoms with van der Waals surface area (Å²) in [6.07, 6.45) is 1.50. The normalized spacial score (nSPS) is 11.5. The van der Waals surface area contributed by atoms with Crippen molar-refractivity contribution in [1.29, 1.82) is 0 Å². The van der Waals surface area contributed by atoms with Gasteiger partial charge in [0.15, 0.2) is 0 Å². The lowest BCUT2D eigenvalue weighted by Gasteiger charge is -2.09. The molecule has 5 nitrogen and oxygen atoms in total. The first kappa shape index (κ1) is 13.6. The molecule has 6 heteroatoms. The van der Waals surface area contributed by atoms with Crippen molar-refractivity contribution in [3.05, 3.63) is 47.9 Å². The highest BCUT2D eigenvalue weighted by atomic mass is 32.2. The van der Waals surface area contributed by atoms with Gasteiger partial charge in [-0.05, 0) is 42.8 Å². The Bertz CT molecular complexity index is 647. The third-order valence-electron chi connectivity index (χ3n) is 2.69. The molecule has 1 heterocycles. The van der Waals surface area contributed by atoms with Gasteiger partial charge in [0.05, 0.1) is 24.8 Å². The topological polar surface area (TPSA) is 68.5 Å². The van der Waals surface area contributed by atoms with Gasteiger partial charge in [-0.15, -0.1) is 0 Å². The number of furan rings is 1. The van der Waals surface area contributed by atoms with E-state index in [9.17, 15) is 8.42 Å². The minimum atomic E-state index is -3.55. The van der Waals surface area contributed by atoms with Gasteiger partial charge in [0.25, 0.3) is 0 Å².